The number of carbonyl (C=O) groups excluding carboxylic acids is 1. The third-order valence-electron chi connectivity index (χ3n) is 4.01. The number of aliphatic hydroxyl groups is 1. The van der Waals surface area contributed by atoms with E-state index in [-0.39, 0.29) is 18.4 Å². The lowest BCUT2D eigenvalue weighted by Gasteiger charge is -2.20. The molecule has 0 aromatic carbocycles. The Morgan fingerprint density at radius 2 is 2.18 bits per heavy atom. The summed E-state index contributed by atoms with van der Waals surface area (Å²) in [5, 5.41) is 20.7. The number of nitrogens with one attached hydrogen (secondary N) is 1. The van der Waals surface area contributed by atoms with E-state index in [2.05, 4.69) is 16.3 Å². The number of hydrogen-bond donors (Lipinski definition) is 2. The van der Waals surface area contributed by atoms with Gasteiger partial charge in [0, 0.05) is 18.2 Å². The van der Waals surface area contributed by atoms with Crippen LogP contribution in [0, 0.1) is 25.2 Å². The Labute approximate surface area is 130 Å². The van der Waals surface area contributed by atoms with E-state index < -0.39 is 0 Å². The van der Waals surface area contributed by atoms with Gasteiger partial charge in [-0.1, -0.05) is 0 Å². The van der Waals surface area contributed by atoms with Crippen LogP contribution in [-0.4, -0.2) is 41.7 Å². The standard InChI is InChI=1S/C16H23N3O3/c1-11-12(2)22-16(14(11)9-17)18-15(21)10-19(13-5-6-13)7-3-4-8-20/h13,20H,3-8,10H2,1-2H3,(H,18,21). The molecule has 2 N–H and O–H groups in total. The quantitative estimate of drug-likeness (QED) is 0.716. The molecule has 0 spiro atoms. The maximum Gasteiger partial charge on any atom is 0.240 e. The molecule has 0 atom stereocenters. The predicted molar refractivity (Wildman–Crippen MR) is 82.4 cm³/mol. The smallest absolute Gasteiger partial charge is 0.240 e. The van der Waals surface area contributed by atoms with Gasteiger partial charge in [-0.3, -0.25) is 15.0 Å². The first-order chi connectivity index (χ1) is 10.6. The molecule has 1 aliphatic rings. The summed E-state index contributed by atoms with van der Waals surface area (Å²) in [5.74, 6) is 0.726. The van der Waals surface area contributed by atoms with Crippen LogP contribution in [-0.2, 0) is 4.79 Å². The molecular formula is C16H23N3O3. The fraction of sp³-hybridized carbons (Fsp3) is 0.625. The van der Waals surface area contributed by atoms with E-state index in [9.17, 15) is 4.79 Å². The number of aliphatic hydroxyl groups excluding tert-OH is 1. The van der Waals surface area contributed by atoms with Gasteiger partial charge in [-0.05, 0) is 46.1 Å². The van der Waals surface area contributed by atoms with Crippen LogP contribution in [0.5, 0.6) is 0 Å². The van der Waals surface area contributed by atoms with Crippen LogP contribution in [0.4, 0.5) is 5.88 Å². The molecule has 0 saturated heterocycles. The summed E-state index contributed by atoms with van der Waals surface area (Å²) >= 11 is 0. The number of unbranched alkanes of at least 4 members (excludes halogenated alkanes) is 1. The molecule has 22 heavy (non-hydrogen) atoms. The Kier molecular flexibility index (Phi) is 5.58. The molecule has 1 aromatic rings. The maximum atomic E-state index is 12.2. The van der Waals surface area contributed by atoms with Crippen molar-refractivity contribution in [2.24, 2.45) is 0 Å². The second-order valence-electron chi connectivity index (χ2n) is 5.78. The molecule has 1 fully saturated rings. The topological polar surface area (TPSA) is 89.5 Å². The second kappa shape index (κ2) is 7.43. The zero-order valence-corrected chi connectivity index (χ0v) is 13.2. The number of furan rings is 1. The van der Waals surface area contributed by atoms with Gasteiger partial charge in [-0.2, -0.15) is 5.26 Å². The summed E-state index contributed by atoms with van der Waals surface area (Å²) in [7, 11) is 0. The summed E-state index contributed by atoms with van der Waals surface area (Å²) in [4.78, 5) is 14.3. The highest BCUT2D eigenvalue weighted by Gasteiger charge is 2.30. The van der Waals surface area contributed by atoms with Crippen molar-refractivity contribution in [1.29, 1.82) is 5.26 Å². The van der Waals surface area contributed by atoms with Crippen LogP contribution in [0.2, 0.25) is 0 Å². The Bertz CT molecular complexity index is 570. The molecule has 6 heteroatoms. The fourth-order valence-corrected chi connectivity index (χ4v) is 2.46. The van der Waals surface area contributed by atoms with Crippen molar-refractivity contribution in [1.82, 2.24) is 4.90 Å². The van der Waals surface area contributed by atoms with Crippen LogP contribution in [0.25, 0.3) is 0 Å². The second-order valence-corrected chi connectivity index (χ2v) is 5.78. The molecule has 6 nitrogen and oxygen atoms in total. The summed E-state index contributed by atoms with van der Waals surface area (Å²) in [6, 6.07) is 2.54. The lowest BCUT2D eigenvalue weighted by molar-refractivity contribution is -0.117. The van der Waals surface area contributed by atoms with Crippen LogP contribution < -0.4 is 5.32 Å². The maximum absolute atomic E-state index is 12.2. The van der Waals surface area contributed by atoms with Gasteiger partial charge in [0.2, 0.25) is 11.8 Å². The number of amides is 1. The van der Waals surface area contributed by atoms with Gasteiger partial charge in [0.1, 0.15) is 17.4 Å². The van der Waals surface area contributed by atoms with Gasteiger partial charge in [0.25, 0.3) is 0 Å². The highest BCUT2D eigenvalue weighted by atomic mass is 16.4. The Morgan fingerprint density at radius 1 is 1.45 bits per heavy atom. The largest absolute Gasteiger partial charge is 0.444 e. The highest BCUT2D eigenvalue weighted by molar-refractivity contribution is 5.92. The van der Waals surface area contributed by atoms with E-state index in [1.165, 1.54) is 0 Å². The van der Waals surface area contributed by atoms with E-state index in [1.807, 2.05) is 0 Å². The monoisotopic (exact) mass is 305 g/mol. The number of anilines is 1. The van der Waals surface area contributed by atoms with Crippen molar-refractivity contribution < 1.29 is 14.3 Å². The molecule has 1 saturated carbocycles. The summed E-state index contributed by atoms with van der Waals surface area (Å²) in [6.07, 6.45) is 3.87. The van der Waals surface area contributed by atoms with Gasteiger partial charge in [0.05, 0.1) is 6.54 Å². The number of carbonyl (C=O) groups is 1. The van der Waals surface area contributed by atoms with Gasteiger partial charge in [-0.25, -0.2) is 0 Å². The normalized spacial score (nSPS) is 14.1. The number of nitriles is 1. The lowest BCUT2D eigenvalue weighted by Crippen LogP contribution is -2.35. The first-order valence-electron chi connectivity index (χ1n) is 7.71. The van der Waals surface area contributed by atoms with Crippen molar-refractivity contribution in [2.75, 3.05) is 25.0 Å². The van der Waals surface area contributed by atoms with E-state index in [1.54, 1.807) is 13.8 Å². The molecule has 0 radical (unpaired) electrons. The zero-order valence-electron chi connectivity index (χ0n) is 13.2. The molecule has 0 unspecified atom stereocenters. The van der Waals surface area contributed by atoms with Gasteiger partial charge < -0.3 is 9.52 Å². The van der Waals surface area contributed by atoms with Crippen LogP contribution in [0.1, 0.15) is 42.6 Å². The zero-order chi connectivity index (χ0) is 16.1. The van der Waals surface area contributed by atoms with Gasteiger partial charge in [0.15, 0.2) is 0 Å². The molecule has 2 rings (SSSR count). The van der Waals surface area contributed by atoms with Crippen molar-refractivity contribution in [3.8, 4) is 6.07 Å². The van der Waals surface area contributed by atoms with Crippen molar-refractivity contribution in [2.45, 2.75) is 45.6 Å². The minimum absolute atomic E-state index is 0.166. The Balaban J connectivity index is 1.94. The molecule has 1 amide bonds. The van der Waals surface area contributed by atoms with Crippen molar-refractivity contribution >= 4 is 11.8 Å². The van der Waals surface area contributed by atoms with E-state index in [4.69, 9.17) is 14.8 Å². The molecule has 1 heterocycles. The SMILES string of the molecule is Cc1oc(NC(=O)CN(CCCCO)C2CC2)c(C#N)c1C. The first-order valence-corrected chi connectivity index (χ1v) is 7.71. The molecule has 0 bridgehead atoms. The molecule has 120 valence electrons. The summed E-state index contributed by atoms with van der Waals surface area (Å²) < 4.78 is 5.46. The third kappa shape index (κ3) is 4.09. The number of nitrogens with zero attached hydrogens (tertiary/aromatic N) is 2. The van der Waals surface area contributed by atoms with Crippen LogP contribution in [0.15, 0.2) is 4.42 Å². The average Bonchev–Trinajstić information content (AvgIpc) is 3.27. The first kappa shape index (κ1) is 16.5. The average molecular weight is 305 g/mol. The summed E-state index contributed by atoms with van der Waals surface area (Å²) in [5.41, 5.74) is 1.16. The highest BCUT2D eigenvalue weighted by Crippen LogP contribution is 2.28. The van der Waals surface area contributed by atoms with Crippen LogP contribution in [0.3, 0.4) is 0 Å². The molecule has 1 aromatic heterocycles. The van der Waals surface area contributed by atoms with Crippen molar-refractivity contribution in [3.05, 3.63) is 16.9 Å². The van der Waals surface area contributed by atoms with E-state index in [0.717, 1.165) is 37.8 Å². The van der Waals surface area contributed by atoms with Gasteiger partial charge >= 0.3 is 0 Å². The summed E-state index contributed by atoms with van der Waals surface area (Å²) in [6.45, 7) is 4.86. The van der Waals surface area contributed by atoms with Gasteiger partial charge in [-0.15, -0.1) is 0 Å². The van der Waals surface area contributed by atoms with E-state index >= 15 is 0 Å². The minimum Gasteiger partial charge on any atom is -0.444 e. The predicted octanol–water partition coefficient (Wildman–Crippen LogP) is 1.94. The van der Waals surface area contributed by atoms with Crippen LogP contribution >= 0.6 is 0 Å². The fourth-order valence-electron chi connectivity index (χ4n) is 2.46. The number of rotatable bonds is 8. The number of aryl methyl sites for hydroxylation is 1. The molecule has 1 aliphatic carbocycles. The molecule has 0 aliphatic heterocycles. The lowest BCUT2D eigenvalue weighted by atomic mass is 10.2. The van der Waals surface area contributed by atoms with Crippen molar-refractivity contribution in [3.63, 3.8) is 0 Å². The number of hydrogen-bond acceptors (Lipinski definition) is 5. The molecular weight excluding hydrogens is 282 g/mol. The van der Waals surface area contributed by atoms with E-state index in [0.29, 0.717) is 23.9 Å². The minimum atomic E-state index is -0.166. The Hall–Kier alpha value is -1.84. The Morgan fingerprint density at radius 3 is 2.77 bits per heavy atom. The third-order valence-corrected chi connectivity index (χ3v) is 4.01.